The molecule has 2 aliphatic heterocycles. The molecule has 0 bridgehead atoms. The summed E-state index contributed by atoms with van der Waals surface area (Å²) in [6.45, 7) is 5.40. The molecule has 1 aliphatic carbocycles. The number of hydrogen-bond donors (Lipinski definition) is 1. The topological polar surface area (TPSA) is 84.9 Å². The molecule has 3 fully saturated rings. The Morgan fingerprint density at radius 1 is 1.07 bits per heavy atom. The maximum Gasteiger partial charge on any atom is 0.408 e. The number of carbonyl (C=O) groups excluding carboxylic acids is 3. The number of nitrogens with one attached hydrogen (secondary N) is 1. The van der Waals surface area contributed by atoms with Crippen LogP contribution in [0.3, 0.4) is 0 Å². The molecule has 27 heavy (non-hydrogen) atoms. The van der Waals surface area contributed by atoms with E-state index in [2.05, 4.69) is 5.32 Å². The van der Waals surface area contributed by atoms with Crippen LogP contribution in [0.4, 0.5) is 4.79 Å². The van der Waals surface area contributed by atoms with Crippen molar-refractivity contribution in [2.24, 2.45) is 11.8 Å². The number of fused-ring (bicyclic) bond motifs is 1. The minimum atomic E-state index is -0.639. The molecule has 0 radical (unpaired) electrons. The Labute approximate surface area is 161 Å². The molecule has 0 aromatic heterocycles. The average molecular weight is 380 g/mol. The van der Waals surface area contributed by atoms with Crippen molar-refractivity contribution in [2.45, 2.75) is 89.4 Å². The molecule has 7 heteroatoms. The lowest BCUT2D eigenvalue weighted by molar-refractivity contribution is -0.154. The van der Waals surface area contributed by atoms with Crippen molar-refractivity contribution in [2.75, 3.05) is 7.11 Å². The quantitative estimate of drug-likeness (QED) is 0.761. The summed E-state index contributed by atoms with van der Waals surface area (Å²) in [6, 6.07) is -1.14. The minimum Gasteiger partial charge on any atom is -0.467 e. The molecule has 1 saturated carbocycles. The van der Waals surface area contributed by atoms with Crippen LogP contribution in [-0.2, 0) is 19.1 Å². The second-order valence-corrected chi connectivity index (χ2v) is 9.07. The summed E-state index contributed by atoms with van der Waals surface area (Å²) in [5.74, 6) is 0.0373. The number of alkyl carbamates (subject to hydrolysis) is 1. The number of esters is 1. The summed E-state index contributed by atoms with van der Waals surface area (Å²) < 4.78 is 10.3. The maximum atomic E-state index is 13.5. The highest BCUT2D eigenvalue weighted by Gasteiger charge is 2.49. The number of rotatable bonds is 3. The highest BCUT2D eigenvalue weighted by Crippen LogP contribution is 2.44. The van der Waals surface area contributed by atoms with Gasteiger partial charge < -0.3 is 19.7 Å². The molecule has 152 valence electrons. The molecular formula is C20H32N2O5. The fourth-order valence-corrected chi connectivity index (χ4v) is 4.60. The lowest BCUT2D eigenvalue weighted by Crippen LogP contribution is -2.58. The number of carbonyl (C=O) groups is 3. The maximum absolute atomic E-state index is 13.5. The predicted octanol–water partition coefficient (Wildman–Crippen LogP) is 2.62. The molecule has 3 rings (SSSR count). The number of hydrogen-bond acceptors (Lipinski definition) is 5. The van der Waals surface area contributed by atoms with Gasteiger partial charge in [-0.2, -0.15) is 0 Å². The van der Waals surface area contributed by atoms with Gasteiger partial charge in [-0.15, -0.1) is 0 Å². The van der Waals surface area contributed by atoms with Gasteiger partial charge in [0.15, 0.2) is 0 Å². The monoisotopic (exact) mass is 380 g/mol. The fourth-order valence-electron chi connectivity index (χ4n) is 4.60. The third-order valence-electron chi connectivity index (χ3n) is 5.90. The van der Waals surface area contributed by atoms with Crippen LogP contribution in [0.25, 0.3) is 0 Å². The minimum absolute atomic E-state index is 0.0460. The van der Waals surface area contributed by atoms with E-state index in [0.29, 0.717) is 12.3 Å². The molecule has 2 amide bonds. The molecule has 2 saturated heterocycles. The van der Waals surface area contributed by atoms with Crippen molar-refractivity contribution in [1.82, 2.24) is 10.2 Å². The molecule has 7 nitrogen and oxygen atoms in total. The molecule has 0 spiro atoms. The van der Waals surface area contributed by atoms with Gasteiger partial charge >= 0.3 is 12.1 Å². The van der Waals surface area contributed by atoms with E-state index in [-0.39, 0.29) is 23.8 Å². The van der Waals surface area contributed by atoms with Gasteiger partial charge in [-0.1, -0.05) is 6.42 Å². The first-order valence-electron chi connectivity index (χ1n) is 10.1. The van der Waals surface area contributed by atoms with Crippen molar-refractivity contribution < 1.29 is 23.9 Å². The molecule has 0 unspecified atom stereocenters. The number of ether oxygens (including phenoxy) is 2. The highest BCUT2D eigenvalue weighted by molar-refractivity contribution is 5.91. The lowest BCUT2D eigenvalue weighted by atomic mass is 9.85. The Kier molecular flexibility index (Phi) is 5.68. The molecular weight excluding hydrogens is 348 g/mol. The number of methoxy groups -OCH3 is 1. The normalized spacial score (nSPS) is 31.6. The first-order chi connectivity index (χ1) is 12.7. The second kappa shape index (κ2) is 7.68. The van der Waals surface area contributed by atoms with E-state index >= 15 is 0 Å². The van der Waals surface area contributed by atoms with E-state index < -0.39 is 23.8 Å². The second-order valence-electron chi connectivity index (χ2n) is 9.07. The third-order valence-corrected chi connectivity index (χ3v) is 5.90. The predicted molar refractivity (Wildman–Crippen MR) is 98.9 cm³/mol. The van der Waals surface area contributed by atoms with Crippen LogP contribution in [-0.4, -0.2) is 53.7 Å². The van der Waals surface area contributed by atoms with Crippen molar-refractivity contribution in [3.63, 3.8) is 0 Å². The number of amides is 2. The highest BCUT2D eigenvalue weighted by atomic mass is 16.6. The lowest BCUT2D eigenvalue weighted by Gasteiger charge is -2.38. The summed E-state index contributed by atoms with van der Waals surface area (Å²) in [4.78, 5) is 39.9. The van der Waals surface area contributed by atoms with Gasteiger partial charge in [-0.25, -0.2) is 9.59 Å². The van der Waals surface area contributed by atoms with Gasteiger partial charge in [0, 0.05) is 6.04 Å². The van der Waals surface area contributed by atoms with Crippen molar-refractivity contribution in [3.05, 3.63) is 0 Å². The Balaban J connectivity index is 1.84. The summed E-state index contributed by atoms with van der Waals surface area (Å²) in [5.41, 5.74) is -0.630. The Morgan fingerprint density at radius 3 is 2.37 bits per heavy atom. The summed E-state index contributed by atoms with van der Waals surface area (Å²) in [5, 5.41) is 2.85. The zero-order valence-corrected chi connectivity index (χ0v) is 16.8. The van der Waals surface area contributed by atoms with E-state index in [1.807, 2.05) is 0 Å². The Morgan fingerprint density at radius 2 is 1.78 bits per heavy atom. The van der Waals surface area contributed by atoms with Crippen molar-refractivity contribution >= 4 is 18.0 Å². The van der Waals surface area contributed by atoms with Crippen LogP contribution in [0.15, 0.2) is 0 Å². The summed E-state index contributed by atoms with van der Waals surface area (Å²) >= 11 is 0. The third kappa shape index (κ3) is 4.55. The van der Waals surface area contributed by atoms with Gasteiger partial charge in [0.25, 0.3) is 0 Å². The Hall–Kier alpha value is -1.79. The van der Waals surface area contributed by atoms with E-state index in [1.165, 1.54) is 7.11 Å². The summed E-state index contributed by atoms with van der Waals surface area (Å²) in [6.07, 6.45) is 5.86. The molecule has 0 aromatic rings. The van der Waals surface area contributed by atoms with Crippen LogP contribution < -0.4 is 5.32 Å². The van der Waals surface area contributed by atoms with Gasteiger partial charge in [-0.05, 0) is 71.1 Å². The number of nitrogens with zero attached hydrogens (tertiary/aromatic N) is 1. The van der Waals surface area contributed by atoms with Gasteiger partial charge in [0.2, 0.25) is 5.91 Å². The van der Waals surface area contributed by atoms with E-state index in [0.717, 1.165) is 38.5 Å². The van der Waals surface area contributed by atoms with Gasteiger partial charge in [0.1, 0.15) is 17.7 Å². The standard InChI is InChI=1S/C20H32N2O5/c1-20(2,3)27-19(25)21-16-14(12-8-9-12)7-5-6-13-10-11-15(18(24)26-4)22(13)17(16)23/h12-16H,5-11H2,1-4H3,(H,21,25)/t13-,14+,15-,16-/m0/s1. The first kappa shape index (κ1) is 20.0. The smallest absolute Gasteiger partial charge is 0.408 e. The average Bonchev–Trinajstić information content (AvgIpc) is 3.32. The zero-order chi connectivity index (χ0) is 19.8. The fraction of sp³-hybridized carbons (Fsp3) is 0.850. The largest absolute Gasteiger partial charge is 0.467 e. The van der Waals surface area contributed by atoms with E-state index in [9.17, 15) is 14.4 Å². The van der Waals surface area contributed by atoms with Crippen LogP contribution in [0.1, 0.15) is 65.7 Å². The van der Waals surface area contributed by atoms with Crippen molar-refractivity contribution in [3.8, 4) is 0 Å². The van der Waals surface area contributed by atoms with Crippen LogP contribution >= 0.6 is 0 Å². The van der Waals surface area contributed by atoms with Crippen LogP contribution in [0.5, 0.6) is 0 Å². The zero-order valence-electron chi connectivity index (χ0n) is 16.8. The van der Waals surface area contributed by atoms with Crippen LogP contribution in [0, 0.1) is 11.8 Å². The van der Waals surface area contributed by atoms with E-state index in [4.69, 9.17) is 9.47 Å². The van der Waals surface area contributed by atoms with E-state index in [1.54, 1.807) is 25.7 Å². The van der Waals surface area contributed by atoms with Crippen molar-refractivity contribution in [1.29, 1.82) is 0 Å². The molecule has 2 heterocycles. The Bertz CT molecular complexity index is 596. The van der Waals surface area contributed by atoms with Crippen LogP contribution in [0.2, 0.25) is 0 Å². The van der Waals surface area contributed by atoms with Gasteiger partial charge in [-0.3, -0.25) is 4.79 Å². The molecule has 4 atom stereocenters. The molecule has 1 N–H and O–H groups in total. The first-order valence-corrected chi connectivity index (χ1v) is 10.1. The van der Waals surface area contributed by atoms with Gasteiger partial charge in [0.05, 0.1) is 7.11 Å². The summed E-state index contributed by atoms with van der Waals surface area (Å²) in [7, 11) is 1.35. The molecule has 3 aliphatic rings. The molecule has 0 aromatic carbocycles. The SMILES string of the molecule is COC(=O)[C@@H]1CC[C@@H]2CCC[C@H](C3CC3)[C@H](NC(=O)OC(C)(C)C)C(=O)N21.